The lowest BCUT2D eigenvalue weighted by Gasteiger charge is -2.21. The summed E-state index contributed by atoms with van der Waals surface area (Å²) >= 11 is 5.84. The van der Waals surface area contributed by atoms with Crippen molar-refractivity contribution in [2.75, 3.05) is 6.54 Å². The molecule has 0 saturated carbocycles. The van der Waals surface area contributed by atoms with Gasteiger partial charge in [0, 0.05) is 18.0 Å². The molecule has 1 amide bonds. The number of benzene rings is 2. The number of aryl methyl sites for hydroxylation is 1. The lowest BCUT2D eigenvalue weighted by Crippen LogP contribution is -2.37. The van der Waals surface area contributed by atoms with Gasteiger partial charge in [-0.25, -0.2) is 4.79 Å². The molecule has 0 spiro atoms. The van der Waals surface area contributed by atoms with Crippen LogP contribution in [0.1, 0.15) is 31.4 Å². The van der Waals surface area contributed by atoms with E-state index >= 15 is 0 Å². The van der Waals surface area contributed by atoms with E-state index in [0.29, 0.717) is 36.6 Å². The predicted octanol–water partition coefficient (Wildman–Crippen LogP) is 3.87. The molecule has 0 bridgehead atoms. The summed E-state index contributed by atoms with van der Waals surface area (Å²) in [5.41, 5.74) is 0.836. The van der Waals surface area contributed by atoms with Gasteiger partial charge in [0.1, 0.15) is 5.75 Å². The first-order valence-corrected chi connectivity index (χ1v) is 9.16. The maximum absolute atomic E-state index is 11.9. The lowest BCUT2D eigenvalue weighted by molar-refractivity contribution is -0.152. The average molecular weight is 390 g/mol. The van der Waals surface area contributed by atoms with E-state index in [1.807, 2.05) is 36.4 Å². The number of carboxylic acids is 1. The van der Waals surface area contributed by atoms with Gasteiger partial charge >= 0.3 is 5.97 Å². The van der Waals surface area contributed by atoms with Crippen LogP contribution in [0.5, 0.6) is 5.75 Å². The zero-order chi connectivity index (χ0) is 19.9. The minimum Gasteiger partial charge on any atom is -0.478 e. The second-order valence-corrected chi connectivity index (χ2v) is 7.22. The number of carbonyl (C=O) groups excluding carboxylic acids is 1. The molecule has 2 aromatic rings. The largest absolute Gasteiger partial charge is 0.478 e. The number of hydrogen-bond donors (Lipinski definition) is 2. The van der Waals surface area contributed by atoms with Gasteiger partial charge in [0.25, 0.3) is 0 Å². The van der Waals surface area contributed by atoms with E-state index in [2.05, 4.69) is 5.32 Å². The van der Waals surface area contributed by atoms with Gasteiger partial charge in [0.2, 0.25) is 5.91 Å². The predicted molar refractivity (Wildman–Crippen MR) is 105 cm³/mol. The molecule has 0 aliphatic carbocycles. The summed E-state index contributed by atoms with van der Waals surface area (Å²) in [5, 5.41) is 12.7. The molecule has 27 heavy (non-hydrogen) atoms. The van der Waals surface area contributed by atoms with Gasteiger partial charge in [-0.3, -0.25) is 4.79 Å². The van der Waals surface area contributed by atoms with Crippen LogP contribution in [0.2, 0.25) is 5.02 Å². The molecule has 2 rings (SSSR count). The second-order valence-electron chi connectivity index (χ2n) is 6.79. The summed E-state index contributed by atoms with van der Waals surface area (Å²) in [5.74, 6) is -0.515. The van der Waals surface area contributed by atoms with Crippen LogP contribution in [-0.2, 0) is 22.4 Å². The van der Waals surface area contributed by atoms with Gasteiger partial charge in [0.15, 0.2) is 5.60 Å². The first kappa shape index (κ1) is 20.8. The van der Waals surface area contributed by atoms with E-state index in [1.165, 1.54) is 13.8 Å². The number of carboxylic acid groups (broad SMARTS) is 1. The zero-order valence-corrected chi connectivity index (χ0v) is 16.3. The molecule has 0 aromatic heterocycles. The summed E-state index contributed by atoms with van der Waals surface area (Å²) in [6.07, 6.45) is 1.79. The molecule has 0 aliphatic heterocycles. The maximum Gasteiger partial charge on any atom is 0.347 e. The third kappa shape index (κ3) is 6.94. The number of nitrogens with one attached hydrogen (secondary N) is 1. The normalized spacial score (nSPS) is 11.1. The van der Waals surface area contributed by atoms with Crippen molar-refractivity contribution in [3.63, 3.8) is 0 Å². The zero-order valence-electron chi connectivity index (χ0n) is 15.5. The van der Waals surface area contributed by atoms with E-state index in [4.69, 9.17) is 21.4 Å². The van der Waals surface area contributed by atoms with Gasteiger partial charge in [-0.1, -0.05) is 35.9 Å². The SMILES string of the molecule is CC(C)(Oc1ccc(CCNC(=O)CCc2ccc(Cl)cc2)cc1)C(=O)O. The van der Waals surface area contributed by atoms with Crippen molar-refractivity contribution in [2.24, 2.45) is 0 Å². The van der Waals surface area contributed by atoms with Crippen molar-refractivity contribution < 1.29 is 19.4 Å². The molecular weight excluding hydrogens is 366 g/mol. The Balaban J connectivity index is 1.72. The van der Waals surface area contributed by atoms with Crippen molar-refractivity contribution in [1.29, 1.82) is 0 Å². The van der Waals surface area contributed by atoms with Crippen LogP contribution in [0.15, 0.2) is 48.5 Å². The summed E-state index contributed by atoms with van der Waals surface area (Å²) in [6.45, 7) is 3.55. The third-order valence-electron chi connectivity index (χ3n) is 4.10. The van der Waals surface area contributed by atoms with E-state index in [0.717, 1.165) is 11.1 Å². The number of rotatable bonds is 9. The Morgan fingerprint density at radius 1 is 1.00 bits per heavy atom. The molecule has 0 heterocycles. The fraction of sp³-hybridized carbons (Fsp3) is 0.333. The highest BCUT2D eigenvalue weighted by molar-refractivity contribution is 6.30. The van der Waals surface area contributed by atoms with Gasteiger partial charge in [-0.2, -0.15) is 0 Å². The summed E-state index contributed by atoms with van der Waals surface area (Å²) < 4.78 is 5.46. The second kappa shape index (κ2) is 9.42. The van der Waals surface area contributed by atoms with Crippen LogP contribution >= 0.6 is 11.6 Å². The maximum atomic E-state index is 11.9. The van der Waals surface area contributed by atoms with E-state index in [1.54, 1.807) is 12.1 Å². The fourth-order valence-corrected chi connectivity index (χ4v) is 2.53. The fourth-order valence-electron chi connectivity index (χ4n) is 2.41. The molecule has 5 nitrogen and oxygen atoms in total. The van der Waals surface area contributed by atoms with E-state index in [-0.39, 0.29) is 5.91 Å². The minimum atomic E-state index is -1.28. The first-order chi connectivity index (χ1) is 12.8. The quantitative estimate of drug-likeness (QED) is 0.682. The van der Waals surface area contributed by atoms with Crippen molar-refractivity contribution >= 4 is 23.5 Å². The molecule has 0 atom stereocenters. The van der Waals surface area contributed by atoms with Gasteiger partial charge in [-0.05, 0) is 62.1 Å². The number of aliphatic carboxylic acids is 1. The van der Waals surface area contributed by atoms with E-state index < -0.39 is 11.6 Å². The molecule has 6 heteroatoms. The number of amides is 1. The number of hydrogen-bond acceptors (Lipinski definition) is 3. The smallest absolute Gasteiger partial charge is 0.347 e. The number of carbonyl (C=O) groups is 2. The standard InChI is InChI=1S/C21H24ClNO4/c1-21(2,20(25)26)27-18-10-5-16(6-11-18)13-14-23-19(24)12-7-15-3-8-17(22)9-4-15/h3-6,8-11H,7,12-14H2,1-2H3,(H,23,24)(H,25,26). The van der Waals surface area contributed by atoms with Crippen LogP contribution in [0, 0.1) is 0 Å². The molecule has 0 radical (unpaired) electrons. The van der Waals surface area contributed by atoms with Crippen LogP contribution < -0.4 is 10.1 Å². The van der Waals surface area contributed by atoms with Gasteiger partial charge in [0.05, 0.1) is 0 Å². The topological polar surface area (TPSA) is 75.6 Å². The lowest BCUT2D eigenvalue weighted by atomic mass is 10.1. The monoisotopic (exact) mass is 389 g/mol. The van der Waals surface area contributed by atoms with Crippen LogP contribution in [0.4, 0.5) is 0 Å². The molecule has 0 fully saturated rings. The Bertz CT molecular complexity index is 770. The molecule has 144 valence electrons. The third-order valence-corrected chi connectivity index (χ3v) is 4.35. The molecule has 2 N–H and O–H groups in total. The van der Waals surface area contributed by atoms with Gasteiger partial charge < -0.3 is 15.2 Å². The molecule has 0 aliphatic rings. The number of ether oxygens (including phenoxy) is 1. The highest BCUT2D eigenvalue weighted by Crippen LogP contribution is 2.19. The Labute approximate surface area is 164 Å². The minimum absolute atomic E-state index is 0.00751. The van der Waals surface area contributed by atoms with Gasteiger partial charge in [-0.15, -0.1) is 0 Å². The molecule has 0 saturated heterocycles. The Morgan fingerprint density at radius 3 is 2.15 bits per heavy atom. The molecule has 2 aromatic carbocycles. The van der Waals surface area contributed by atoms with Crippen molar-refractivity contribution in [1.82, 2.24) is 5.32 Å². The van der Waals surface area contributed by atoms with E-state index in [9.17, 15) is 9.59 Å². The molecule has 0 unspecified atom stereocenters. The van der Waals surface area contributed by atoms with Crippen LogP contribution in [0.3, 0.4) is 0 Å². The van der Waals surface area contributed by atoms with Crippen LogP contribution in [-0.4, -0.2) is 29.1 Å². The summed E-state index contributed by atoms with van der Waals surface area (Å²) in [6, 6.07) is 14.7. The number of halogens is 1. The molecular formula is C21H24ClNO4. The summed E-state index contributed by atoms with van der Waals surface area (Å²) in [4.78, 5) is 23.0. The average Bonchev–Trinajstić information content (AvgIpc) is 2.62. The van der Waals surface area contributed by atoms with Crippen molar-refractivity contribution in [2.45, 2.75) is 38.7 Å². The highest BCUT2D eigenvalue weighted by atomic mass is 35.5. The Morgan fingerprint density at radius 2 is 1.56 bits per heavy atom. The van der Waals surface area contributed by atoms with Crippen molar-refractivity contribution in [3.05, 3.63) is 64.7 Å². The first-order valence-electron chi connectivity index (χ1n) is 8.79. The van der Waals surface area contributed by atoms with Crippen molar-refractivity contribution in [3.8, 4) is 5.75 Å². The Kier molecular flexibility index (Phi) is 7.25. The highest BCUT2D eigenvalue weighted by Gasteiger charge is 2.29. The van der Waals surface area contributed by atoms with Crippen LogP contribution in [0.25, 0.3) is 0 Å². The Hall–Kier alpha value is -2.53. The summed E-state index contributed by atoms with van der Waals surface area (Å²) in [7, 11) is 0.